The van der Waals surface area contributed by atoms with E-state index in [4.69, 9.17) is 4.74 Å². The Kier molecular flexibility index (Phi) is 7.14. The standard InChI is InChI=1S/C18H29F3N2O2/c1-7-23(5)9-8-22-15-11-16(25-6)14(10-13(15)4)17(24,12(2)3)18(19,20)21/h10-12,22,24H,7-9H2,1-6H3. The second kappa shape index (κ2) is 8.27. The highest BCUT2D eigenvalue weighted by Crippen LogP contribution is 2.48. The van der Waals surface area contributed by atoms with E-state index in [1.54, 1.807) is 6.92 Å². The van der Waals surface area contributed by atoms with E-state index < -0.39 is 17.7 Å². The fourth-order valence-corrected chi connectivity index (χ4v) is 2.68. The van der Waals surface area contributed by atoms with Crippen LogP contribution in [0.15, 0.2) is 12.1 Å². The summed E-state index contributed by atoms with van der Waals surface area (Å²) in [5, 5.41) is 13.7. The van der Waals surface area contributed by atoms with Gasteiger partial charge in [-0.05, 0) is 38.1 Å². The zero-order valence-corrected chi connectivity index (χ0v) is 15.8. The first-order chi connectivity index (χ1) is 11.5. The van der Waals surface area contributed by atoms with Crippen molar-refractivity contribution in [3.63, 3.8) is 0 Å². The molecule has 144 valence electrons. The van der Waals surface area contributed by atoms with E-state index >= 15 is 0 Å². The molecule has 0 radical (unpaired) electrons. The molecule has 0 heterocycles. The highest BCUT2D eigenvalue weighted by molar-refractivity contribution is 5.59. The zero-order valence-electron chi connectivity index (χ0n) is 15.8. The average molecular weight is 362 g/mol. The number of alkyl halides is 3. The van der Waals surface area contributed by atoms with Crippen LogP contribution in [-0.2, 0) is 5.60 Å². The number of hydrogen-bond acceptors (Lipinski definition) is 4. The van der Waals surface area contributed by atoms with E-state index in [0.29, 0.717) is 17.8 Å². The molecule has 7 heteroatoms. The molecular weight excluding hydrogens is 333 g/mol. The second-order valence-electron chi connectivity index (χ2n) is 6.61. The second-order valence-corrected chi connectivity index (χ2v) is 6.61. The fourth-order valence-electron chi connectivity index (χ4n) is 2.68. The van der Waals surface area contributed by atoms with Gasteiger partial charge in [-0.15, -0.1) is 0 Å². The SMILES string of the molecule is CCN(C)CCNc1cc(OC)c(C(O)(C(C)C)C(F)(F)F)cc1C. The number of nitrogens with zero attached hydrogens (tertiary/aromatic N) is 1. The van der Waals surface area contributed by atoms with E-state index in [9.17, 15) is 18.3 Å². The van der Waals surface area contributed by atoms with Gasteiger partial charge in [0.05, 0.1) is 7.11 Å². The molecule has 0 saturated carbocycles. The number of halogens is 3. The van der Waals surface area contributed by atoms with E-state index in [0.717, 1.165) is 13.1 Å². The highest BCUT2D eigenvalue weighted by Gasteiger charge is 2.58. The summed E-state index contributed by atoms with van der Waals surface area (Å²) in [6, 6.07) is 2.88. The molecule has 0 aliphatic carbocycles. The van der Waals surface area contributed by atoms with Gasteiger partial charge in [0.2, 0.25) is 0 Å². The van der Waals surface area contributed by atoms with Gasteiger partial charge >= 0.3 is 6.18 Å². The van der Waals surface area contributed by atoms with Crippen LogP contribution in [0.2, 0.25) is 0 Å². The third-order valence-electron chi connectivity index (χ3n) is 4.57. The van der Waals surface area contributed by atoms with Crippen molar-refractivity contribution in [1.82, 2.24) is 4.90 Å². The fraction of sp³-hybridized carbons (Fsp3) is 0.667. The molecular formula is C18H29F3N2O2. The number of aryl methyl sites for hydroxylation is 1. The molecule has 0 amide bonds. The van der Waals surface area contributed by atoms with Gasteiger partial charge in [0.25, 0.3) is 0 Å². The molecule has 1 aromatic carbocycles. The number of rotatable bonds is 8. The summed E-state index contributed by atoms with van der Waals surface area (Å²) in [4.78, 5) is 2.12. The minimum atomic E-state index is -4.81. The van der Waals surface area contributed by atoms with Crippen molar-refractivity contribution in [3.8, 4) is 5.75 Å². The Morgan fingerprint density at radius 2 is 1.88 bits per heavy atom. The summed E-state index contributed by atoms with van der Waals surface area (Å²) in [7, 11) is 3.30. The molecule has 0 saturated heterocycles. The smallest absolute Gasteiger partial charge is 0.421 e. The summed E-state index contributed by atoms with van der Waals surface area (Å²) < 4.78 is 46.0. The Morgan fingerprint density at radius 3 is 2.32 bits per heavy atom. The van der Waals surface area contributed by atoms with Crippen LogP contribution in [-0.4, -0.2) is 50.0 Å². The average Bonchev–Trinajstić information content (AvgIpc) is 2.53. The molecule has 0 spiro atoms. The molecule has 0 fully saturated rings. The van der Waals surface area contributed by atoms with Gasteiger partial charge in [0.15, 0.2) is 5.60 Å². The maximum Gasteiger partial charge on any atom is 0.421 e. The van der Waals surface area contributed by atoms with E-state index in [2.05, 4.69) is 10.2 Å². The molecule has 0 aliphatic rings. The number of hydrogen-bond donors (Lipinski definition) is 2. The van der Waals surface area contributed by atoms with Gasteiger partial charge in [0, 0.05) is 30.4 Å². The van der Waals surface area contributed by atoms with Crippen molar-refractivity contribution in [2.24, 2.45) is 5.92 Å². The lowest BCUT2D eigenvalue weighted by molar-refractivity contribution is -0.283. The van der Waals surface area contributed by atoms with Gasteiger partial charge in [-0.3, -0.25) is 0 Å². The molecule has 1 aromatic rings. The topological polar surface area (TPSA) is 44.7 Å². The number of aliphatic hydroxyl groups is 1. The Bertz CT molecular complexity index is 576. The summed E-state index contributed by atoms with van der Waals surface area (Å²) in [6.07, 6.45) is -4.81. The number of ether oxygens (including phenoxy) is 1. The van der Waals surface area contributed by atoms with Gasteiger partial charge in [-0.2, -0.15) is 13.2 Å². The predicted octanol–water partition coefficient (Wildman–Crippen LogP) is 3.77. The normalized spacial score (nSPS) is 14.7. The van der Waals surface area contributed by atoms with Gasteiger partial charge in [0.1, 0.15) is 5.75 Å². The molecule has 4 nitrogen and oxygen atoms in total. The van der Waals surface area contributed by atoms with Crippen LogP contribution in [0.5, 0.6) is 5.75 Å². The Labute approximate surface area is 148 Å². The lowest BCUT2D eigenvalue weighted by Crippen LogP contribution is -2.47. The molecule has 0 aromatic heterocycles. The molecule has 1 atom stereocenters. The van der Waals surface area contributed by atoms with E-state index in [1.807, 2.05) is 14.0 Å². The minimum Gasteiger partial charge on any atom is -0.496 e. The predicted molar refractivity (Wildman–Crippen MR) is 94.2 cm³/mol. The largest absolute Gasteiger partial charge is 0.496 e. The van der Waals surface area contributed by atoms with Crippen LogP contribution in [0.4, 0.5) is 18.9 Å². The van der Waals surface area contributed by atoms with Crippen molar-refractivity contribution >= 4 is 5.69 Å². The van der Waals surface area contributed by atoms with Gasteiger partial charge in [-0.1, -0.05) is 20.8 Å². The van der Waals surface area contributed by atoms with Crippen molar-refractivity contribution in [2.45, 2.75) is 39.5 Å². The van der Waals surface area contributed by atoms with Gasteiger partial charge < -0.3 is 20.1 Å². The summed E-state index contributed by atoms with van der Waals surface area (Å²) in [6.45, 7) is 8.82. The van der Waals surface area contributed by atoms with Crippen molar-refractivity contribution in [2.75, 3.05) is 39.1 Å². The maximum absolute atomic E-state index is 13.6. The lowest BCUT2D eigenvalue weighted by atomic mass is 9.81. The lowest BCUT2D eigenvalue weighted by Gasteiger charge is -2.36. The molecule has 0 aliphatic heterocycles. The quantitative estimate of drug-likeness (QED) is 0.739. The number of likely N-dealkylation sites (N-methyl/N-ethyl adjacent to an activating group) is 1. The molecule has 2 N–H and O–H groups in total. The van der Waals surface area contributed by atoms with E-state index in [-0.39, 0.29) is 11.3 Å². The first-order valence-electron chi connectivity index (χ1n) is 8.39. The summed E-state index contributed by atoms with van der Waals surface area (Å²) >= 11 is 0. The van der Waals surface area contributed by atoms with Gasteiger partial charge in [-0.25, -0.2) is 0 Å². The highest BCUT2D eigenvalue weighted by atomic mass is 19.4. The van der Waals surface area contributed by atoms with Crippen LogP contribution in [0.25, 0.3) is 0 Å². The van der Waals surface area contributed by atoms with Crippen molar-refractivity contribution < 1.29 is 23.0 Å². The van der Waals surface area contributed by atoms with Crippen LogP contribution < -0.4 is 10.1 Å². The van der Waals surface area contributed by atoms with Crippen LogP contribution in [0.3, 0.4) is 0 Å². The van der Waals surface area contributed by atoms with E-state index in [1.165, 1.54) is 33.1 Å². The van der Waals surface area contributed by atoms with Crippen LogP contribution >= 0.6 is 0 Å². The number of benzene rings is 1. The van der Waals surface area contributed by atoms with Crippen molar-refractivity contribution in [1.29, 1.82) is 0 Å². The number of nitrogens with one attached hydrogen (secondary N) is 1. The summed E-state index contributed by atoms with van der Waals surface area (Å²) in [5.41, 5.74) is -1.91. The summed E-state index contributed by atoms with van der Waals surface area (Å²) in [5.74, 6) is -1.04. The third-order valence-corrected chi connectivity index (χ3v) is 4.57. The number of anilines is 1. The maximum atomic E-state index is 13.6. The minimum absolute atomic E-state index is 0.0190. The van der Waals surface area contributed by atoms with Crippen molar-refractivity contribution in [3.05, 3.63) is 23.3 Å². The molecule has 0 bridgehead atoms. The number of methoxy groups -OCH3 is 1. The zero-order chi connectivity index (χ0) is 19.4. The molecule has 25 heavy (non-hydrogen) atoms. The Morgan fingerprint density at radius 1 is 1.28 bits per heavy atom. The first kappa shape index (κ1) is 21.6. The Hall–Kier alpha value is -1.47. The first-order valence-corrected chi connectivity index (χ1v) is 8.39. The molecule has 1 rings (SSSR count). The Balaban J connectivity index is 3.25. The monoisotopic (exact) mass is 362 g/mol. The third kappa shape index (κ3) is 4.58. The molecule has 1 unspecified atom stereocenters. The van der Waals surface area contributed by atoms with Crippen LogP contribution in [0.1, 0.15) is 31.9 Å². The van der Waals surface area contributed by atoms with Crippen LogP contribution in [0, 0.1) is 12.8 Å².